The predicted octanol–water partition coefficient (Wildman–Crippen LogP) is 0.811. The molecular formula is C18H22N4O5. The average molecular weight is 374 g/mol. The topological polar surface area (TPSA) is 106 Å². The number of hydrogen-bond acceptors (Lipinski definition) is 7. The van der Waals surface area contributed by atoms with E-state index in [0.29, 0.717) is 13.2 Å². The van der Waals surface area contributed by atoms with E-state index in [1.807, 2.05) is 24.3 Å². The lowest BCUT2D eigenvalue weighted by atomic mass is 10.0. The van der Waals surface area contributed by atoms with Crippen LogP contribution in [0, 0.1) is 0 Å². The highest BCUT2D eigenvalue weighted by atomic mass is 16.5. The van der Waals surface area contributed by atoms with Crippen LogP contribution in [-0.4, -0.2) is 61.8 Å². The van der Waals surface area contributed by atoms with Gasteiger partial charge < -0.3 is 19.3 Å². The van der Waals surface area contributed by atoms with E-state index in [2.05, 4.69) is 25.2 Å². The molecule has 2 aromatic rings. The summed E-state index contributed by atoms with van der Waals surface area (Å²) in [5.41, 5.74) is 1.02. The zero-order chi connectivity index (χ0) is 19.1. The first-order valence-electron chi connectivity index (χ1n) is 8.62. The third kappa shape index (κ3) is 5.05. The third-order valence-corrected chi connectivity index (χ3v) is 4.33. The van der Waals surface area contributed by atoms with Crippen LogP contribution in [-0.2, 0) is 14.3 Å². The van der Waals surface area contributed by atoms with Gasteiger partial charge in [0.25, 0.3) is 0 Å². The van der Waals surface area contributed by atoms with Gasteiger partial charge in [0.1, 0.15) is 12.0 Å². The van der Waals surface area contributed by atoms with Gasteiger partial charge in [-0.05, 0) is 17.7 Å². The second-order valence-corrected chi connectivity index (χ2v) is 5.99. The molecule has 2 amide bonds. The zero-order valence-electron chi connectivity index (χ0n) is 15.0. The van der Waals surface area contributed by atoms with Crippen LogP contribution in [0.15, 0.2) is 41.1 Å². The Kier molecular flexibility index (Phi) is 6.39. The second kappa shape index (κ2) is 9.15. The molecule has 0 radical (unpaired) electrons. The number of anilines is 1. The standard InChI is InChI=1S/C18H22N4O5/c1-25-14-4-2-13(3-5-14)15(22-7-10-26-11-8-22)12-19-17(23)18(24)20-16-6-9-27-21-16/h2-6,9,15H,7-8,10-12H2,1H3,(H,19,23)(H,20,21,24)/t15-/m0/s1. The number of amides is 2. The number of nitrogens with one attached hydrogen (secondary N) is 2. The van der Waals surface area contributed by atoms with Crippen molar-refractivity contribution in [2.45, 2.75) is 6.04 Å². The predicted molar refractivity (Wildman–Crippen MR) is 96.3 cm³/mol. The summed E-state index contributed by atoms with van der Waals surface area (Å²) in [6.45, 7) is 3.05. The van der Waals surface area contributed by atoms with Gasteiger partial charge in [0.15, 0.2) is 5.82 Å². The summed E-state index contributed by atoms with van der Waals surface area (Å²) < 4.78 is 15.2. The Morgan fingerprint density at radius 1 is 1.19 bits per heavy atom. The SMILES string of the molecule is COc1ccc([C@H](CNC(=O)C(=O)Nc2ccon2)N2CCOCC2)cc1. The fourth-order valence-corrected chi connectivity index (χ4v) is 2.89. The fourth-order valence-electron chi connectivity index (χ4n) is 2.89. The quantitative estimate of drug-likeness (QED) is 0.721. The molecule has 1 atom stereocenters. The van der Waals surface area contributed by atoms with E-state index < -0.39 is 11.8 Å². The number of carbonyl (C=O) groups excluding carboxylic acids is 2. The first-order valence-corrected chi connectivity index (χ1v) is 8.62. The Labute approximate surface area is 156 Å². The van der Waals surface area contributed by atoms with Crippen LogP contribution in [0.25, 0.3) is 0 Å². The van der Waals surface area contributed by atoms with Crippen LogP contribution in [0.3, 0.4) is 0 Å². The summed E-state index contributed by atoms with van der Waals surface area (Å²) in [5.74, 6) is -0.574. The molecule has 9 heteroatoms. The minimum absolute atomic E-state index is 0.0800. The van der Waals surface area contributed by atoms with Crippen molar-refractivity contribution in [3.63, 3.8) is 0 Å². The second-order valence-electron chi connectivity index (χ2n) is 5.99. The number of methoxy groups -OCH3 is 1. The molecule has 9 nitrogen and oxygen atoms in total. The summed E-state index contributed by atoms with van der Waals surface area (Å²) in [5, 5.41) is 8.62. The zero-order valence-corrected chi connectivity index (χ0v) is 15.0. The maximum absolute atomic E-state index is 12.1. The highest BCUT2D eigenvalue weighted by Crippen LogP contribution is 2.23. The minimum Gasteiger partial charge on any atom is -0.497 e. The number of nitrogens with zero attached hydrogens (tertiary/aromatic N) is 2. The van der Waals surface area contributed by atoms with Gasteiger partial charge in [0, 0.05) is 25.7 Å². The van der Waals surface area contributed by atoms with Crippen molar-refractivity contribution in [1.29, 1.82) is 0 Å². The van der Waals surface area contributed by atoms with Gasteiger partial charge in [-0.15, -0.1) is 0 Å². The van der Waals surface area contributed by atoms with E-state index in [1.54, 1.807) is 7.11 Å². The molecule has 27 heavy (non-hydrogen) atoms. The van der Waals surface area contributed by atoms with Crippen LogP contribution < -0.4 is 15.4 Å². The molecule has 1 aliphatic heterocycles. The van der Waals surface area contributed by atoms with Gasteiger partial charge in [-0.25, -0.2) is 0 Å². The van der Waals surface area contributed by atoms with E-state index in [0.717, 1.165) is 24.4 Å². The maximum Gasteiger partial charge on any atom is 0.314 e. The molecular weight excluding hydrogens is 352 g/mol. The molecule has 1 aromatic heterocycles. The Hall–Kier alpha value is -2.91. The molecule has 2 heterocycles. The van der Waals surface area contributed by atoms with Gasteiger partial charge in [0.05, 0.1) is 26.4 Å². The Bertz CT molecular complexity index is 742. The molecule has 0 spiro atoms. The molecule has 1 aromatic carbocycles. The van der Waals surface area contributed by atoms with E-state index in [4.69, 9.17) is 9.47 Å². The molecule has 0 bridgehead atoms. The molecule has 2 N–H and O–H groups in total. The summed E-state index contributed by atoms with van der Waals surface area (Å²) in [4.78, 5) is 26.3. The molecule has 1 aliphatic rings. The van der Waals surface area contributed by atoms with Crippen LogP contribution in [0.2, 0.25) is 0 Å². The number of morpholine rings is 1. The minimum atomic E-state index is -0.792. The van der Waals surface area contributed by atoms with Crippen molar-refractivity contribution < 1.29 is 23.6 Å². The lowest BCUT2D eigenvalue weighted by molar-refractivity contribution is -0.136. The summed E-state index contributed by atoms with van der Waals surface area (Å²) in [6.07, 6.45) is 1.31. The van der Waals surface area contributed by atoms with Gasteiger partial charge in [-0.2, -0.15) is 0 Å². The van der Waals surface area contributed by atoms with Crippen LogP contribution >= 0.6 is 0 Å². The Morgan fingerprint density at radius 2 is 1.93 bits per heavy atom. The Balaban J connectivity index is 1.65. The third-order valence-electron chi connectivity index (χ3n) is 4.33. The number of ether oxygens (including phenoxy) is 2. The smallest absolute Gasteiger partial charge is 0.314 e. The van der Waals surface area contributed by atoms with E-state index >= 15 is 0 Å². The maximum atomic E-state index is 12.1. The monoisotopic (exact) mass is 374 g/mol. The van der Waals surface area contributed by atoms with Crippen molar-refractivity contribution in [2.75, 3.05) is 45.3 Å². The van der Waals surface area contributed by atoms with Gasteiger partial charge in [0.2, 0.25) is 0 Å². The molecule has 1 fully saturated rings. The van der Waals surface area contributed by atoms with Crippen LogP contribution in [0.4, 0.5) is 5.82 Å². The fraction of sp³-hybridized carbons (Fsp3) is 0.389. The summed E-state index contributed by atoms with van der Waals surface area (Å²) in [6, 6.07) is 9.05. The molecule has 0 unspecified atom stereocenters. The van der Waals surface area contributed by atoms with Crippen molar-refractivity contribution in [2.24, 2.45) is 0 Å². The molecule has 0 saturated carbocycles. The van der Waals surface area contributed by atoms with Crippen molar-refractivity contribution in [3.8, 4) is 5.75 Å². The summed E-state index contributed by atoms with van der Waals surface area (Å²) >= 11 is 0. The lowest BCUT2D eigenvalue weighted by Gasteiger charge is -2.34. The molecule has 3 rings (SSSR count). The van der Waals surface area contributed by atoms with Gasteiger partial charge in [-0.1, -0.05) is 17.3 Å². The number of carbonyl (C=O) groups is 2. The summed E-state index contributed by atoms with van der Waals surface area (Å²) in [7, 11) is 1.61. The molecule has 1 saturated heterocycles. The van der Waals surface area contributed by atoms with Gasteiger partial charge >= 0.3 is 11.8 Å². The van der Waals surface area contributed by atoms with Crippen molar-refractivity contribution in [1.82, 2.24) is 15.4 Å². The Morgan fingerprint density at radius 3 is 2.56 bits per heavy atom. The van der Waals surface area contributed by atoms with Gasteiger partial charge in [-0.3, -0.25) is 19.8 Å². The lowest BCUT2D eigenvalue weighted by Crippen LogP contribution is -2.45. The number of rotatable bonds is 6. The highest BCUT2D eigenvalue weighted by molar-refractivity contribution is 6.39. The first-order chi connectivity index (χ1) is 13.2. The average Bonchev–Trinajstić information content (AvgIpc) is 3.22. The van der Waals surface area contributed by atoms with E-state index in [9.17, 15) is 9.59 Å². The molecule has 144 valence electrons. The van der Waals surface area contributed by atoms with E-state index in [-0.39, 0.29) is 18.4 Å². The number of hydrogen-bond donors (Lipinski definition) is 2. The highest BCUT2D eigenvalue weighted by Gasteiger charge is 2.24. The normalized spacial score (nSPS) is 15.7. The number of benzene rings is 1. The molecule has 0 aliphatic carbocycles. The van der Waals surface area contributed by atoms with E-state index in [1.165, 1.54) is 12.3 Å². The number of aromatic nitrogens is 1. The largest absolute Gasteiger partial charge is 0.497 e. The van der Waals surface area contributed by atoms with Crippen LogP contribution in [0.1, 0.15) is 11.6 Å². The van der Waals surface area contributed by atoms with Crippen molar-refractivity contribution in [3.05, 3.63) is 42.2 Å². The van der Waals surface area contributed by atoms with Crippen LogP contribution in [0.5, 0.6) is 5.75 Å². The first kappa shape index (κ1) is 18.9. The van der Waals surface area contributed by atoms with Crippen molar-refractivity contribution >= 4 is 17.6 Å².